The van der Waals surface area contributed by atoms with E-state index in [1.165, 1.54) is 6.42 Å². The van der Waals surface area contributed by atoms with Gasteiger partial charge < -0.3 is 20.3 Å². The molecule has 2 unspecified atom stereocenters. The average Bonchev–Trinajstić information content (AvgIpc) is 2.84. The normalized spacial score (nSPS) is 16.3. The van der Waals surface area contributed by atoms with Crippen LogP contribution in [-0.4, -0.2) is 51.8 Å². The van der Waals surface area contributed by atoms with Gasteiger partial charge in [0, 0.05) is 17.3 Å². The summed E-state index contributed by atoms with van der Waals surface area (Å²) < 4.78 is 5.39. The van der Waals surface area contributed by atoms with E-state index in [1.54, 1.807) is 31.7 Å². The first-order chi connectivity index (χ1) is 17.3. The van der Waals surface area contributed by atoms with E-state index in [2.05, 4.69) is 29.8 Å². The van der Waals surface area contributed by atoms with Crippen molar-refractivity contribution in [2.45, 2.75) is 109 Å². The van der Waals surface area contributed by atoms with Crippen molar-refractivity contribution in [3.63, 3.8) is 0 Å². The van der Waals surface area contributed by atoms with Crippen LogP contribution in [0.4, 0.5) is 4.79 Å². The zero-order chi connectivity index (χ0) is 27.8. The summed E-state index contributed by atoms with van der Waals surface area (Å²) in [6, 6.07) is 5.73. The van der Waals surface area contributed by atoms with Gasteiger partial charge in [0.1, 0.15) is 17.7 Å². The lowest BCUT2D eigenvalue weighted by atomic mass is 9.90. The maximum atomic E-state index is 14.2. The van der Waals surface area contributed by atoms with Crippen LogP contribution in [-0.2, 0) is 14.3 Å². The number of ether oxygens (including phenoxy) is 1. The molecule has 2 N–H and O–H groups in total. The maximum absolute atomic E-state index is 14.2. The third-order valence-electron chi connectivity index (χ3n) is 6.85. The average molecular weight is 532 g/mol. The quantitative estimate of drug-likeness (QED) is 0.340. The Hall–Kier alpha value is -2.48. The van der Waals surface area contributed by atoms with Crippen LogP contribution < -0.4 is 10.6 Å². The minimum atomic E-state index is -0.975. The second-order valence-corrected chi connectivity index (χ2v) is 11.7. The third kappa shape index (κ3) is 8.80. The zero-order valence-electron chi connectivity index (χ0n) is 23.3. The topological polar surface area (TPSA) is 87.7 Å². The first kappa shape index (κ1) is 30.7. The number of nitrogens with one attached hydrogen (secondary N) is 2. The molecule has 1 saturated carbocycles. The Labute approximate surface area is 228 Å². The minimum Gasteiger partial charge on any atom is -0.444 e. The van der Waals surface area contributed by atoms with Crippen molar-refractivity contribution in [1.82, 2.24) is 15.5 Å². The van der Waals surface area contributed by atoms with Crippen LogP contribution >= 0.6 is 12.6 Å². The van der Waals surface area contributed by atoms with Crippen LogP contribution in [0, 0.1) is 0 Å². The summed E-state index contributed by atoms with van der Waals surface area (Å²) in [6.07, 6.45) is 6.79. The molecular weight excluding hydrogens is 486 g/mol. The van der Waals surface area contributed by atoms with E-state index in [9.17, 15) is 14.4 Å². The second kappa shape index (κ2) is 13.4. The molecular formula is C29H45N3O4S. The Balaban J connectivity index is 2.53. The summed E-state index contributed by atoms with van der Waals surface area (Å²) in [5, 5.41) is 5.90. The number of carbonyl (C=O) groups excluding carboxylic acids is 3. The van der Waals surface area contributed by atoms with Gasteiger partial charge in [-0.3, -0.25) is 9.59 Å². The van der Waals surface area contributed by atoms with E-state index in [0.29, 0.717) is 12.0 Å². The van der Waals surface area contributed by atoms with Crippen LogP contribution in [0.2, 0.25) is 0 Å². The predicted molar refractivity (Wildman–Crippen MR) is 153 cm³/mol. The molecule has 37 heavy (non-hydrogen) atoms. The summed E-state index contributed by atoms with van der Waals surface area (Å²) in [4.78, 5) is 42.3. The predicted octanol–water partition coefficient (Wildman–Crippen LogP) is 5.66. The van der Waals surface area contributed by atoms with Gasteiger partial charge in [-0.2, -0.15) is 12.6 Å². The Kier molecular flexibility index (Phi) is 11.1. The highest BCUT2D eigenvalue weighted by Gasteiger charge is 2.43. The first-order valence-electron chi connectivity index (χ1n) is 13.3. The van der Waals surface area contributed by atoms with Gasteiger partial charge in [-0.05, 0) is 71.1 Å². The van der Waals surface area contributed by atoms with Gasteiger partial charge in [-0.15, -0.1) is 0 Å². The second-order valence-electron chi connectivity index (χ2n) is 11.4. The summed E-state index contributed by atoms with van der Waals surface area (Å²) >= 11 is 4.37. The van der Waals surface area contributed by atoms with E-state index in [4.69, 9.17) is 4.74 Å². The summed E-state index contributed by atoms with van der Waals surface area (Å²) in [5.74, 6) is -0.559. The zero-order valence-corrected chi connectivity index (χ0v) is 24.2. The monoisotopic (exact) mass is 531 g/mol. The number of nitrogens with zero attached hydrogens (tertiary/aromatic N) is 1. The molecule has 1 aromatic rings. The molecule has 0 radical (unpaired) electrons. The molecule has 2 rings (SSSR count). The highest BCUT2D eigenvalue weighted by atomic mass is 32.1. The number of benzene rings is 1. The molecule has 0 aliphatic heterocycles. The summed E-state index contributed by atoms with van der Waals surface area (Å²) in [6.45, 7) is 15.0. The van der Waals surface area contributed by atoms with Crippen molar-refractivity contribution >= 4 is 36.6 Å². The van der Waals surface area contributed by atoms with Crippen LogP contribution in [0.1, 0.15) is 97.2 Å². The Morgan fingerprint density at radius 2 is 1.81 bits per heavy atom. The van der Waals surface area contributed by atoms with Crippen molar-refractivity contribution in [2.75, 3.05) is 5.75 Å². The van der Waals surface area contributed by atoms with Gasteiger partial charge in [0.05, 0.1) is 0 Å². The fourth-order valence-corrected chi connectivity index (χ4v) is 4.80. The van der Waals surface area contributed by atoms with Gasteiger partial charge in [-0.1, -0.05) is 57.0 Å². The minimum absolute atomic E-state index is 0.0536. The first-order valence-corrected chi connectivity index (χ1v) is 13.9. The van der Waals surface area contributed by atoms with E-state index in [0.717, 1.165) is 31.2 Å². The number of hydrogen-bond donors (Lipinski definition) is 3. The fraction of sp³-hybridized carbons (Fsp3) is 0.621. The number of hydrogen-bond acceptors (Lipinski definition) is 5. The smallest absolute Gasteiger partial charge is 0.408 e. The SMILES string of the molecule is C=Cc1cccc(C(C(=O)NC2CCCCC2)N(C(=O)C(CS)NC(=O)OC(C)(C)C)C(C)(C)CC)c1. The number of amides is 3. The molecule has 1 aliphatic carbocycles. The third-order valence-corrected chi connectivity index (χ3v) is 7.21. The van der Waals surface area contributed by atoms with Crippen molar-refractivity contribution in [3.05, 3.63) is 42.0 Å². The van der Waals surface area contributed by atoms with E-state index >= 15 is 0 Å². The van der Waals surface area contributed by atoms with Gasteiger partial charge in [0.2, 0.25) is 11.8 Å². The van der Waals surface area contributed by atoms with Crippen molar-refractivity contribution in [2.24, 2.45) is 0 Å². The molecule has 1 fully saturated rings. The van der Waals surface area contributed by atoms with Crippen LogP contribution in [0.5, 0.6) is 0 Å². The molecule has 8 heteroatoms. The Morgan fingerprint density at radius 1 is 1.16 bits per heavy atom. The fourth-order valence-electron chi connectivity index (χ4n) is 4.55. The number of thiol groups is 1. The molecule has 0 bridgehead atoms. The molecule has 7 nitrogen and oxygen atoms in total. The molecule has 2 atom stereocenters. The molecule has 3 amide bonds. The molecule has 0 heterocycles. The van der Waals surface area contributed by atoms with Crippen molar-refractivity contribution < 1.29 is 19.1 Å². The lowest BCUT2D eigenvalue weighted by Crippen LogP contribution is -2.60. The van der Waals surface area contributed by atoms with Crippen molar-refractivity contribution in [1.29, 1.82) is 0 Å². The van der Waals surface area contributed by atoms with Gasteiger partial charge in [0.25, 0.3) is 0 Å². The highest BCUT2D eigenvalue weighted by Crippen LogP contribution is 2.33. The Bertz CT molecular complexity index is 951. The largest absolute Gasteiger partial charge is 0.444 e. The van der Waals surface area contributed by atoms with Crippen molar-refractivity contribution in [3.8, 4) is 0 Å². The van der Waals surface area contributed by atoms with Gasteiger partial charge in [-0.25, -0.2) is 4.79 Å². The van der Waals surface area contributed by atoms with Crippen LogP contribution in [0.15, 0.2) is 30.8 Å². The van der Waals surface area contributed by atoms with Crippen LogP contribution in [0.3, 0.4) is 0 Å². The molecule has 1 aromatic carbocycles. The molecule has 0 spiro atoms. The number of rotatable bonds is 10. The maximum Gasteiger partial charge on any atom is 0.408 e. The van der Waals surface area contributed by atoms with E-state index in [1.807, 2.05) is 45.0 Å². The Morgan fingerprint density at radius 3 is 2.35 bits per heavy atom. The molecule has 1 aliphatic rings. The summed E-state index contributed by atoms with van der Waals surface area (Å²) in [7, 11) is 0. The van der Waals surface area contributed by atoms with Gasteiger partial charge in [0.15, 0.2) is 0 Å². The number of alkyl carbamates (subject to hydrolysis) is 1. The highest BCUT2D eigenvalue weighted by molar-refractivity contribution is 7.80. The van der Waals surface area contributed by atoms with E-state index < -0.39 is 29.3 Å². The lowest BCUT2D eigenvalue weighted by Gasteiger charge is -2.45. The molecule has 0 aromatic heterocycles. The molecule has 0 saturated heterocycles. The van der Waals surface area contributed by atoms with Gasteiger partial charge >= 0.3 is 6.09 Å². The van der Waals surface area contributed by atoms with Crippen LogP contribution in [0.25, 0.3) is 6.08 Å². The standard InChI is InChI=1S/C29H45N3O4S/c1-8-20-14-13-15-21(18-20)24(25(33)30-22-16-11-10-12-17-22)32(29(6,7)9-2)26(34)23(19-37)31-27(35)36-28(3,4)5/h8,13-15,18,22-24,37H,1,9-12,16-17,19H2,2-7H3,(H,30,33)(H,31,35). The molecule has 206 valence electrons. The number of carbonyl (C=O) groups is 3. The lowest BCUT2D eigenvalue weighted by molar-refractivity contribution is -0.149. The van der Waals surface area contributed by atoms with E-state index in [-0.39, 0.29) is 23.6 Å². The summed E-state index contributed by atoms with van der Waals surface area (Å²) in [5.41, 5.74) is 0.125.